The van der Waals surface area contributed by atoms with Gasteiger partial charge in [0.05, 0.1) is 5.56 Å². The summed E-state index contributed by atoms with van der Waals surface area (Å²) in [5, 5.41) is 0.413. The highest BCUT2D eigenvalue weighted by Crippen LogP contribution is 2.24. The number of Topliss-reactive ketones (excluding diaryl/α,β-unsaturated/α-hetero) is 1. The van der Waals surface area contributed by atoms with E-state index in [1.807, 2.05) is 0 Å². The van der Waals surface area contributed by atoms with Crippen molar-refractivity contribution in [1.82, 2.24) is 0 Å². The van der Waals surface area contributed by atoms with Crippen LogP contribution < -0.4 is 4.74 Å². The van der Waals surface area contributed by atoms with Crippen LogP contribution >= 0.6 is 11.6 Å². The fourth-order valence-corrected chi connectivity index (χ4v) is 1.87. The highest BCUT2D eigenvalue weighted by molar-refractivity contribution is 6.31. The van der Waals surface area contributed by atoms with Crippen molar-refractivity contribution < 1.29 is 18.3 Å². The molecule has 0 saturated carbocycles. The van der Waals surface area contributed by atoms with E-state index in [0.29, 0.717) is 16.3 Å². The summed E-state index contributed by atoms with van der Waals surface area (Å²) in [7, 11) is 0. The molecule has 0 spiro atoms. The quantitative estimate of drug-likeness (QED) is 0.782. The molecule has 0 heterocycles. The second-order valence-corrected chi connectivity index (χ2v) is 4.66. The average Bonchev–Trinajstić information content (AvgIpc) is 2.38. The molecular weight excluding hydrogens is 286 g/mol. The lowest BCUT2D eigenvalue weighted by Gasteiger charge is -2.10. The van der Waals surface area contributed by atoms with Crippen LogP contribution in [0.5, 0.6) is 5.75 Å². The summed E-state index contributed by atoms with van der Waals surface area (Å²) in [5.74, 6) is -1.24. The largest absolute Gasteiger partial charge is 0.488 e. The predicted octanol–water partition coefficient (Wildman–Crippen LogP) is 4.40. The topological polar surface area (TPSA) is 26.3 Å². The van der Waals surface area contributed by atoms with Crippen molar-refractivity contribution in [3.63, 3.8) is 0 Å². The highest BCUT2D eigenvalue weighted by Gasteiger charge is 2.11. The van der Waals surface area contributed by atoms with Crippen LogP contribution in [0.15, 0.2) is 36.4 Å². The molecule has 0 fully saturated rings. The molecule has 0 bridgehead atoms. The minimum atomic E-state index is -0.691. The molecule has 0 atom stereocenters. The molecule has 0 unspecified atom stereocenters. The van der Waals surface area contributed by atoms with E-state index in [4.69, 9.17) is 16.3 Å². The Hall–Kier alpha value is -1.94. The van der Waals surface area contributed by atoms with E-state index in [1.54, 1.807) is 12.1 Å². The first-order valence-corrected chi connectivity index (χ1v) is 6.22. The van der Waals surface area contributed by atoms with Crippen LogP contribution in [0, 0.1) is 11.6 Å². The lowest BCUT2D eigenvalue weighted by molar-refractivity contribution is 0.101. The molecule has 2 aromatic rings. The van der Waals surface area contributed by atoms with Gasteiger partial charge in [-0.2, -0.15) is 0 Å². The number of carbonyl (C=O) groups excluding carboxylic acids is 1. The molecule has 0 radical (unpaired) electrons. The first kappa shape index (κ1) is 14.5. The third-order valence-corrected chi connectivity index (χ3v) is 2.95. The van der Waals surface area contributed by atoms with Crippen molar-refractivity contribution in [3.8, 4) is 5.75 Å². The maximum Gasteiger partial charge on any atom is 0.163 e. The zero-order chi connectivity index (χ0) is 14.7. The first-order chi connectivity index (χ1) is 9.47. The molecule has 0 saturated heterocycles. The van der Waals surface area contributed by atoms with Crippen molar-refractivity contribution in [3.05, 3.63) is 64.2 Å². The fourth-order valence-electron chi connectivity index (χ4n) is 1.70. The zero-order valence-corrected chi connectivity index (χ0v) is 11.4. The molecule has 0 N–H and O–H groups in total. The number of ether oxygens (including phenoxy) is 1. The third-order valence-electron chi connectivity index (χ3n) is 2.72. The van der Waals surface area contributed by atoms with Crippen LogP contribution in [0.2, 0.25) is 5.02 Å². The van der Waals surface area contributed by atoms with Crippen molar-refractivity contribution in [2.75, 3.05) is 0 Å². The molecule has 5 heteroatoms. The Morgan fingerprint density at radius 3 is 2.60 bits per heavy atom. The van der Waals surface area contributed by atoms with Crippen LogP contribution in [0.3, 0.4) is 0 Å². The Morgan fingerprint density at radius 2 is 1.95 bits per heavy atom. The van der Waals surface area contributed by atoms with E-state index < -0.39 is 11.6 Å². The average molecular weight is 297 g/mol. The van der Waals surface area contributed by atoms with Crippen LogP contribution in [-0.2, 0) is 6.61 Å². The van der Waals surface area contributed by atoms with E-state index in [0.717, 1.165) is 12.1 Å². The summed E-state index contributed by atoms with van der Waals surface area (Å²) in [6.07, 6.45) is 0. The lowest BCUT2D eigenvalue weighted by Crippen LogP contribution is -2.03. The molecule has 0 aliphatic rings. The van der Waals surface area contributed by atoms with Crippen LogP contribution in [-0.4, -0.2) is 5.78 Å². The van der Waals surface area contributed by atoms with Gasteiger partial charge in [-0.25, -0.2) is 8.78 Å². The minimum absolute atomic E-state index is 0.103. The fraction of sp³-hybridized carbons (Fsp3) is 0.133. The molecule has 0 aliphatic heterocycles. The Balaban J connectivity index is 2.20. The predicted molar refractivity (Wildman–Crippen MR) is 72.1 cm³/mol. The molecule has 0 aliphatic carbocycles. The van der Waals surface area contributed by atoms with Gasteiger partial charge in [0.1, 0.15) is 24.0 Å². The minimum Gasteiger partial charge on any atom is -0.488 e. The van der Waals surface area contributed by atoms with Crippen molar-refractivity contribution >= 4 is 17.4 Å². The Bertz CT molecular complexity index is 656. The molecule has 0 aromatic heterocycles. The second kappa shape index (κ2) is 6.01. The monoisotopic (exact) mass is 296 g/mol. The molecular formula is C15H11ClF2O2. The van der Waals surface area contributed by atoms with Crippen LogP contribution in [0.4, 0.5) is 8.78 Å². The summed E-state index contributed by atoms with van der Waals surface area (Å²) in [4.78, 5) is 11.5. The van der Waals surface area contributed by atoms with Crippen LogP contribution in [0.25, 0.3) is 0 Å². The standard InChI is InChI=1S/C15H11ClF2O2/c1-9(19)13-6-11(16)3-5-15(13)20-8-10-2-4-12(17)7-14(10)18/h2-7H,8H2,1H3. The van der Waals surface area contributed by atoms with Gasteiger partial charge in [-0.1, -0.05) is 11.6 Å². The van der Waals surface area contributed by atoms with E-state index in [9.17, 15) is 13.6 Å². The number of hydrogen-bond donors (Lipinski definition) is 0. The molecule has 2 rings (SSSR count). The summed E-state index contributed by atoms with van der Waals surface area (Å²) < 4.78 is 31.7. The van der Waals surface area contributed by atoms with Gasteiger partial charge in [0.2, 0.25) is 0 Å². The van der Waals surface area contributed by atoms with E-state index in [-0.39, 0.29) is 18.0 Å². The number of hydrogen-bond acceptors (Lipinski definition) is 2. The number of ketones is 1. The van der Waals surface area contributed by atoms with Gasteiger partial charge in [0.15, 0.2) is 5.78 Å². The van der Waals surface area contributed by atoms with Crippen LogP contribution in [0.1, 0.15) is 22.8 Å². The summed E-state index contributed by atoms with van der Waals surface area (Å²) >= 11 is 5.81. The highest BCUT2D eigenvalue weighted by atomic mass is 35.5. The van der Waals surface area contributed by atoms with Crippen molar-refractivity contribution in [2.45, 2.75) is 13.5 Å². The van der Waals surface area contributed by atoms with Gasteiger partial charge in [-0.05, 0) is 37.3 Å². The molecule has 2 nitrogen and oxygen atoms in total. The molecule has 104 valence electrons. The molecule has 0 amide bonds. The van der Waals surface area contributed by atoms with Gasteiger partial charge < -0.3 is 4.74 Å². The lowest BCUT2D eigenvalue weighted by atomic mass is 10.1. The summed E-state index contributed by atoms with van der Waals surface area (Å²) in [6, 6.07) is 7.83. The van der Waals surface area contributed by atoms with E-state index in [2.05, 4.69) is 0 Å². The van der Waals surface area contributed by atoms with Gasteiger partial charge in [0, 0.05) is 16.7 Å². The van der Waals surface area contributed by atoms with Gasteiger partial charge in [-0.15, -0.1) is 0 Å². The smallest absolute Gasteiger partial charge is 0.163 e. The number of halogens is 3. The Kier molecular flexibility index (Phi) is 4.35. The number of benzene rings is 2. The SMILES string of the molecule is CC(=O)c1cc(Cl)ccc1OCc1ccc(F)cc1F. The molecule has 20 heavy (non-hydrogen) atoms. The normalized spacial score (nSPS) is 10.4. The summed E-state index contributed by atoms with van der Waals surface area (Å²) in [6.45, 7) is 1.28. The van der Waals surface area contributed by atoms with Gasteiger partial charge in [-0.3, -0.25) is 4.79 Å². The summed E-state index contributed by atoms with van der Waals surface area (Å²) in [5.41, 5.74) is 0.524. The zero-order valence-electron chi connectivity index (χ0n) is 10.6. The third kappa shape index (κ3) is 3.33. The van der Waals surface area contributed by atoms with E-state index in [1.165, 1.54) is 19.1 Å². The number of rotatable bonds is 4. The maximum atomic E-state index is 13.5. The molecule has 2 aromatic carbocycles. The Morgan fingerprint density at radius 1 is 1.20 bits per heavy atom. The van der Waals surface area contributed by atoms with Crippen molar-refractivity contribution in [1.29, 1.82) is 0 Å². The van der Waals surface area contributed by atoms with Gasteiger partial charge >= 0.3 is 0 Å². The van der Waals surface area contributed by atoms with Gasteiger partial charge in [0.25, 0.3) is 0 Å². The first-order valence-electron chi connectivity index (χ1n) is 5.84. The van der Waals surface area contributed by atoms with Crippen molar-refractivity contribution in [2.24, 2.45) is 0 Å². The van der Waals surface area contributed by atoms with E-state index >= 15 is 0 Å². The second-order valence-electron chi connectivity index (χ2n) is 4.22. The Labute approximate surface area is 119 Å². The number of carbonyl (C=O) groups is 1. The maximum absolute atomic E-state index is 13.5.